The van der Waals surface area contributed by atoms with Crippen molar-refractivity contribution in [3.63, 3.8) is 0 Å². The van der Waals surface area contributed by atoms with Gasteiger partial charge in [-0.1, -0.05) is 0 Å². The van der Waals surface area contributed by atoms with Crippen LogP contribution in [0.5, 0.6) is 5.75 Å². The summed E-state index contributed by atoms with van der Waals surface area (Å²) >= 11 is 0. The lowest BCUT2D eigenvalue weighted by atomic mass is 10.2. The molecule has 18 heavy (non-hydrogen) atoms. The lowest BCUT2D eigenvalue weighted by Gasteiger charge is -1.98. The summed E-state index contributed by atoms with van der Waals surface area (Å²) in [6.07, 6.45) is 0. The third kappa shape index (κ3) is 2.51. The number of hydrogen-bond donors (Lipinski definition) is 1. The van der Waals surface area contributed by atoms with Crippen molar-refractivity contribution < 1.29 is 19.1 Å². The van der Waals surface area contributed by atoms with E-state index in [0.717, 1.165) is 10.9 Å². The van der Waals surface area contributed by atoms with E-state index < -0.39 is 5.97 Å². The highest BCUT2D eigenvalue weighted by atomic mass is 16.5. The third-order valence-corrected chi connectivity index (χ3v) is 2.45. The van der Waals surface area contributed by atoms with Gasteiger partial charge in [0.05, 0.1) is 7.11 Å². The molecule has 2 rings (SSSR count). The number of aromatic nitrogens is 1. The zero-order chi connectivity index (χ0) is 13.1. The molecule has 1 N–H and O–H groups in total. The average Bonchev–Trinajstić information content (AvgIpc) is 2.78. The number of rotatable bonds is 4. The molecular weight excluding hydrogens is 234 g/mol. The van der Waals surface area contributed by atoms with Crippen molar-refractivity contribution in [3.8, 4) is 5.75 Å². The van der Waals surface area contributed by atoms with Crippen LogP contribution < -0.4 is 4.74 Å². The quantitative estimate of drug-likeness (QED) is 0.838. The molecule has 2 aromatic rings. The molecule has 0 aliphatic heterocycles. The van der Waals surface area contributed by atoms with Crippen LogP contribution in [0.2, 0.25) is 0 Å². The van der Waals surface area contributed by atoms with Gasteiger partial charge in [0.2, 0.25) is 0 Å². The number of esters is 1. The lowest BCUT2D eigenvalue weighted by molar-refractivity contribution is -0.120. The fourth-order valence-electron chi connectivity index (χ4n) is 1.59. The number of ether oxygens (including phenoxy) is 2. The monoisotopic (exact) mass is 247 g/mol. The van der Waals surface area contributed by atoms with Crippen molar-refractivity contribution in [2.24, 2.45) is 0 Å². The molecule has 0 aliphatic rings. The van der Waals surface area contributed by atoms with Gasteiger partial charge in [-0.2, -0.15) is 0 Å². The number of carbonyl (C=O) groups is 2. The number of H-pyrrole nitrogens is 1. The number of fused-ring (bicyclic) bond motifs is 1. The largest absolute Gasteiger partial charge is 0.497 e. The first-order valence-electron chi connectivity index (χ1n) is 5.43. The molecule has 0 spiro atoms. The molecule has 0 amide bonds. The van der Waals surface area contributed by atoms with Crippen molar-refractivity contribution in [3.05, 3.63) is 30.0 Å². The number of methoxy groups -OCH3 is 1. The fraction of sp³-hybridized carbons (Fsp3) is 0.231. The molecule has 1 heterocycles. The van der Waals surface area contributed by atoms with Gasteiger partial charge in [0.25, 0.3) is 0 Å². The van der Waals surface area contributed by atoms with Crippen LogP contribution in [0.4, 0.5) is 0 Å². The molecule has 0 fully saturated rings. The van der Waals surface area contributed by atoms with Gasteiger partial charge in [-0.25, -0.2) is 4.79 Å². The Balaban J connectivity index is 2.24. The van der Waals surface area contributed by atoms with Crippen molar-refractivity contribution >= 4 is 22.7 Å². The van der Waals surface area contributed by atoms with Gasteiger partial charge in [-0.3, -0.25) is 4.79 Å². The molecule has 1 aromatic carbocycles. The Morgan fingerprint density at radius 1 is 1.28 bits per heavy atom. The predicted octanol–water partition coefficient (Wildman–Crippen LogP) is 1.92. The van der Waals surface area contributed by atoms with Gasteiger partial charge in [0.15, 0.2) is 5.78 Å². The third-order valence-electron chi connectivity index (χ3n) is 2.45. The number of Topliss-reactive ketones (excluding diaryl/α,β-unsaturated/α-hetero) is 1. The first kappa shape index (κ1) is 12.2. The molecular formula is C13H13NO4. The normalized spacial score (nSPS) is 10.3. The fourth-order valence-corrected chi connectivity index (χ4v) is 1.59. The van der Waals surface area contributed by atoms with Crippen molar-refractivity contribution in [1.82, 2.24) is 4.98 Å². The van der Waals surface area contributed by atoms with Crippen LogP contribution in [-0.2, 0) is 9.53 Å². The Morgan fingerprint density at radius 3 is 2.72 bits per heavy atom. The minimum atomic E-state index is -0.541. The average molecular weight is 247 g/mol. The maximum Gasteiger partial charge on any atom is 0.355 e. The highest BCUT2D eigenvalue weighted by Gasteiger charge is 2.12. The number of aromatic amines is 1. The Hall–Kier alpha value is -2.30. The number of hydrogen-bond acceptors (Lipinski definition) is 4. The van der Waals surface area contributed by atoms with Gasteiger partial charge in [-0.15, -0.1) is 0 Å². The molecule has 1 aromatic heterocycles. The summed E-state index contributed by atoms with van der Waals surface area (Å²) in [5.74, 6) is -0.0216. The van der Waals surface area contributed by atoms with Gasteiger partial charge in [0, 0.05) is 10.9 Å². The molecule has 5 nitrogen and oxygen atoms in total. The molecule has 94 valence electrons. The van der Waals surface area contributed by atoms with Crippen LogP contribution in [-0.4, -0.2) is 30.5 Å². The minimum absolute atomic E-state index is 0.193. The van der Waals surface area contributed by atoms with E-state index in [9.17, 15) is 9.59 Å². The second kappa shape index (κ2) is 4.91. The first-order valence-corrected chi connectivity index (χ1v) is 5.43. The molecule has 0 saturated carbocycles. The lowest BCUT2D eigenvalue weighted by Crippen LogP contribution is -2.11. The van der Waals surface area contributed by atoms with Crippen LogP contribution in [0.1, 0.15) is 17.4 Å². The topological polar surface area (TPSA) is 68.4 Å². The van der Waals surface area contributed by atoms with Gasteiger partial charge in [0.1, 0.15) is 18.1 Å². The highest BCUT2D eigenvalue weighted by Crippen LogP contribution is 2.21. The maximum absolute atomic E-state index is 11.6. The summed E-state index contributed by atoms with van der Waals surface area (Å²) in [5.41, 5.74) is 1.13. The first-order chi connectivity index (χ1) is 8.60. The predicted molar refractivity (Wildman–Crippen MR) is 65.8 cm³/mol. The van der Waals surface area contributed by atoms with Crippen LogP contribution >= 0.6 is 0 Å². The van der Waals surface area contributed by atoms with Crippen LogP contribution in [0.25, 0.3) is 10.9 Å². The number of benzene rings is 1. The van der Waals surface area contributed by atoms with E-state index >= 15 is 0 Å². The molecule has 0 saturated heterocycles. The zero-order valence-corrected chi connectivity index (χ0v) is 10.1. The highest BCUT2D eigenvalue weighted by molar-refractivity contribution is 5.96. The molecule has 0 bridgehead atoms. The number of nitrogens with one attached hydrogen (secondary N) is 1. The van der Waals surface area contributed by atoms with Crippen molar-refractivity contribution in [2.45, 2.75) is 6.92 Å². The summed E-state index contributed by atoms with van der Waals surface area (Å²) < 4.78 is 9.92. The second-order valence-electron chi connectivity index (χ2n) is 3.91. The minimum Gasteiger partial charge on any atom is -0.497 e. The Kier molecular flexibility index (Phi) is 3.32. The van der Waals surface area contributed by atoms with Crippen LogP contribution in [0.15, 0.2) is 24.3 Å². The van der Waals surface area contributed by atoms with E-state index in [0.29, 0.717) is 11.4 Å². The smallest absolute Gasteiger partial charge is 0.355 e. The standard InChI is InChI=1S/C13H13NO4/c1-8(15)7-18-13(16)12-6-9-5-10(17-2)3-4-11(9)14-12/h3-6,14H,7H2,1-2H3. The molecule has 0 unspecified atom stereocenters. The van der Waals surface area contributed by atoms with E-state index in [1.807, 2.05) is 12.1 Å². The van der Waals surface area contributed by atoms with Gasteiger partial charge < -0.3 is 14.5 Å². The van der Waals surface area contributed by atoms with E-state index in [-0.39, 0.29) is 12.4 Å². The van der Waals surface area contributed by atoms with Gasteiger partial charge in [-0.05, 0) is 31.2 Å². The SMILES string of the molecule is COc1ccc2[nH]c(C(=O)OCC(C)=O)cc2c1. The summed E-state index contributed by atoms with van der Waals surface area (Å²) in [6, 6.07) is 7.09. The number of carbonyl (C=O) groups excluding carboxylic acids is 2. The Bertz CT molecular complexity index is 600. The molecule has 0 radical (unpaired) electrons. The summed E-state index contributed by atoms with van der Waals surface area (Å²) in [6.45, 7) is 1.15. The number of ketones is 1. The van der Waals surface area contributed by atoms with Crippen molar-refractivity contribution in [2.75, 3.05) is 13.7 Å². The molecule has 0 atom stereocenters. The zero-order valence-electron chi connectivity index (χ0n) is 10.1. The summed E-state index contributed by atoms with van der Waals surface area (Å²) in [5, 5.41) is 0.851. The van der Waals surface area contributed by atoms with Crippen molar-refractivity contribution in [1.29, 1.82) is 0 Å². The Labute approximate surface area is 104 Å². The van der Waals surface area contributed by atoms with Crippen LogP contribution in [0.3, 0.4) is 0 Å². The molecule has 5 heteroatoms. The van der Waals surface area contributed by atoms with E-state index in [4.69, 9.17) is 9.47 Å². The van der Waals surface area contributed by atoms with Gasteiger partial charge >= 0.3 is 5.97 Å². The summed E-state index contributed by atoms with van der Waals surface area (Å²) in [7, 11) is 1.58. The molecule has 0 aliphatic carbocycles. The maximum atomic E-state index is 11.6. The van der Waals surface area contributed by atoms with E-state index in [1.54, 1.807) is 19.2 Å². The summed E-state index contributed by atoms with van der Waals surface area (Å²) in [4.78, 5) is 25.3. The van der Waals surface area contributed by atoms with Crippen LogP contribution in [0, 0.1) is 0 Å². The van der Waals surface area contributed by atoms with E-state index in [1.165, 1.54) is 6.92 Å². The Morgan fingerprint density at radius 2 is 2.06 bits per heavy atom. The second-order valence-corrected chi connectivity index (χ2v) is 3.91. The van der Waals surface area contributed by atoms with E-state index in [2.05, 4.69) is 4.98 Å².